The molecule has 0 spiro atoms. The fraction of sp³-hybridized carbons (Fsp3) is 0.382. The average Bonchev–Trinajstić information content (AvgIpc) is 3.38. The summed E-state index contributed by atoms with van der Waals surface area (Å²) >= 11 is 9.51. The molecule has 0 saturated heterocycles. The van der Waals surface area contributed by atoms with Crippen molar-refractivity contribution < 1.29 is 28.9 Å². The maximum absolute atomic E-state index is 14.2. The number of amides is 1. The number of aliphatic hydroxyl groups is 1. The number of nitrogens with zero attached hydrogens (tertiary/aromatic N) is 1. The van der Waals surface area contributed by atoms with Crippen LogP contribution in [0.5, 0.6) is 5.75 Å². The third kappa shape index (κ3) is 9.06. The largest absolute Gasteiger partial charge is 0.494 e. The summed E-state index contributed by atoms with van der Waals surface area (Å²) in [7, 11) is 0. The molecule has 44 heavy (non-hydrogen) atoms. The van der Waals surface area contributed by atoms with Crippen molar-refractivity contribution in [3.63, 3.8) is 0 Å². The van der Waals surface area contributed by atoms with Crippen molar-refractivity contribution in [3.05, 3.63) is 99.0 Å². The van der Waals surface area contributed by atoms with E-state index in [9.17, 15) is 9.59 Å². The molecule has 3 aromatic carbocycles. The van der Waals surface area contributed by atoms with Gasteiger partial charge in [0.2, 0.25) is 5.90 Å². The molecule has 0 radical (unpaired) electrons. The van der Waals surface area contributed by atoms with E-state index in [4.69, 9.17) is 35.9 Å². The minimum absolute atomic E-state index is 0.0350. The molecule has 1 heterocycles. The molecule has 3 aromatic rings. The fourth-order valence-corrected chi connectivity index (χ4v) is 5.21. The van der Waals surface area contributed by atoms with Crippen LogP contribution in [0, 0.1) is 0 Å². The smallest absolute Gasteiger partial charge is 0.306 e. The highest BCUT2D eigenvalue weighted by atomic mass is 79.9. The number of halogens is 2. The molecule has 0 fully saturated rings. The van der Waals surface area contributed by atoms with Crippen LogP contribution in [-0.2, 0) is 25.5 Å². The van der Waals surface area contributed by atoms with E-state index >= 15 is 0 Å². The molecule has 0 aromatic heterocycles. The molecule has 1 aliphatic rings. The van der Waals surface area contributed by atoms with E-state index in [1.807, 2.05) is 60.7 Å². The monoisotopic (exact) mass is 684 g/mol. The van der Waals surface area contributed by atoms with Crippen LogP contribution < -0.4 is 10.1 Å². The number of esters is 1. The lowest BCUT2D eigenvalue weighted by atomic mass is 9.83. The first kappa shape index (κ1) is 33.5. The SMILES string of the molecule is CC(C)(C)OC(=O)CC[C@@]1(C(=O)NCCc2ccc(Cl)cc2)N=C(c2ccc(OCCCO)cc2)O[C@@H]1c1ccc(Br)cc1. The summed E-state index contributed by atoms with van der Waals surface area (Å²) in [6.45, 7) is 6.21. The Bertz CT molecular complexity index is 1440. The van der Waals surface area contributed by atoms with Crippen molar-refractivity contribution in [1.29, 1.82) is 0 Å². The van der Waals surface area contributed by atoms with E-state index in [2.05, 4.69) is 21.2 Å². The summed E-state index contributed by atoms with van der Waals surface area (Å²) in [6.07, 6.45) is 0.348. The number of hydrogen-bond donors (Lipinski definition) is 2. The number of rotatable bonds is 13. The average molecular weight is 686 g/mol. The molecule has 10 heteroatoms. The topological polar surface area (TPSA) is 106 Å². The van der Waals surface area contributed by atoms with Gasteiger partial charge < -0.3 is 24.6 Å². The second-order valence-corrected chi connectivity index (χ2v) is 12.9. The summed E-state index contributed by atoms with van der Waals surface area (Å²) in [5, 5.41) is 12.7. The number of benzene rings is 3. The van der Waals surface area contributed by atoms with E-state index < -0.39 is 23.2 Å². The van der Waals surface area contributed by atoms with Gasteiger partial charge in [0.05, 0.1) is 6.61 Å². The van der Waals surface area contributed by atoms with E-state index in [1.54, 1.807) is 32.9 Å². The van der Waals surface area contributed by atoms with Crippen molar-refractivity contribution in [2.45, 2.75) is 63.7 Å². The predicted molar refractivity (Wildman–Crippen MR) is 174 cm³/mol. The second kappa shape index (κ2) is 15.1. The number of carbonyl (C=O) groups excluding carboxylic acids is 2. The van der Waals surface area contributed by atoms with E-state index in [0.29, 0.717) is 42.3 Å². The lowest BCUT2D eigenvalue weighted by molar-refractivity contribution is -0.155. The zero-order valence-corrected chi connectivity index (χ0v) is 27.5. The summed E-state index contributed by atoms with van der Waals surface area (Å²) < 4.78 is 18.6. The van der Waals surface area contributed by atoms with E-state index in [0.717, 1.165) is 15.6 Å². The molecule has 1 amide bonds. The molecular weight excluding hydrogens is 648 g/mol. The Balaban J connectivity index is 1.67. The van der Waals surface area contributed by atoms with E-state index in [-0.39, 0.29) is 31.3 Å². The zero-order chi connectivity index (χ0) is 31.7. The molecule has 0 saturated carbocycles. The number of ether oxygens (including phenoxy) is 3. The molecule has 2 atom stereocenters. The summed E-state index contributed by atoms with van der Waals surface area (Å²) in [5.41, 5.74) is 0.312. The van der Waals surface area contributed by atoms with Crippen LogP contribution in [0.4, 0.5) is 0 Å². The maximum Gasteiger partial charge on any atom is 0.306 e. The van der Waals surface area contributed by atoms with Gasteiger partial charge >= 0.3 is 5.97 Å². The third-order valence-electron chi connectivity index (χ3n) is 6.95. The number of aliphatic imine (C=N–C) groups is 1. The third-order valence-corrected chi connectivity index (χ3v) is 7.73. The van der Waals surface area contributed by atoms with Crippen LogP contribution in [0.25, 0.3) is 0 Å². The zero-order valence-electron chi connectivity index (χ0n) is 25.1. The Morgan fingerprint density at radius 3 is 2.36 bits per heavy atom. The van der Waals surface area contributed by atoms with Gasteiger partial charge in [0, 0.05) is 41.1 Å². The van der Waals surface area contributed by atoms with Crippen LogP contribution in [0.15, 0.2) is 82.3 Å². The van der Waals surface area contributed by atoms with Gasteiger partial charge in [-0.15, -0.1) is 0 Å². The standard InChI is InChI=1S/C34H38BrClN2O6/c1-33(2,3)44-29(40)17-19-34(32(41)37-20-18-23-5-13-27(36)14-6-23)30(24-7-11-26(35)12-8-24)43-31(38-34)25-9-15-28(16-10-25)42-22-4-21-39/h5-16,30,39H,4,17-22H2,1-3H3,(H,37,41)/t30-,34-/m1/s1. The Hall–Kier alpha value is -3.40. The first-order valence-corrected chi connectivity index (χ1v) is 15.8. The van der Waals surface area contributed by atoms with Crippen molar-refractivity contribution in [3.8, 4) is 5.75 Å². The van der Waals surface area contributed by atoms with Crippen LogP contribution in [0.1, 0.15) is 62.8 Å². The van der Waals surface area contributed by atoms with Gasteiger partial charge in [-0.2, -0.15) is 0 Å². The second-order valence-electron chi connectivity index (χ2n) is 11.6. The van der Waals surface area contributed by atoms with Crippen LogP contribution in [0.3, 0.4) is 0 Å². The van der Waals surface area contributed by atoms with Gasteiger partial charge in [-0.3, -0.25) is 9.59 Å². The molecule has 8 nitrogen and oxygen atoms in total. The van der Waals surface area contributed by atoms with Gasteiger partial charge in [0.1, 0.15) is 11.4 Å². The van der Waals surface area contributed by atoms with Crippen molar-refractivity contribution in [1.82, 2.24) is 5.32 Å². The first-order valence-electron chi connectivity index (χ1n) is 14.6. The van der Waals surface area contributed by atoms with Crippen molar-refractivity contribution >= 4 is 45.3 Å². The number of hydrogen-bond acceptors (Lipinski definition) is 7. The van der Waals surface area contributed by atoms with Gasteiger partial charge in [-0.05, 0) is 93.3 Å². The number of aliphatic hydroxyl groups excluding tert-OH is 1. The molecule has 0 bridgehead atoms. The minimum Gasteiger partial charge on any atom is -0.494 e. The summed E-state index contributed by atoms with van der Waals surface area (Å²) in [6, 6.07) is 22.2. The number of nitrogens with one attached hydrogen (secondary N) is 1. The Morgan fingerprint density at radius 1 is 1.05 bits per heavy atom. The maximum atomic E-state index is 14.2. The molecule has 2 N–H and O–H groups in total. The van der Waals surface area contributed by atoms with Crippen molar-refractivity contribution in [2.24, 2.45) is 4.99 Å². The highest BCUT2D eigenvalue weighted by Gasteiger charge is 2.53. The predicted octanol–water partition coefficient (Wildman–Crippen LogP) is 6.60. The highest BCUT2D eigenvalue weighted by Crippen LogP contribution is 2.43. The Labute approximate surface area is 271 Å². The van der Waals surface area contributed by atoms with Gasteiger partial charge in [-0.1, -0.05) is 51.8 Å². The van der Waals surface area contributed by atoms with E-state index in [1.165, 1.54) is 0 Å². The molecule has 4 rings (SSSR count). The molecular formula is C34H38BrClN2O6. The summed E-state index contributed by atoms with van der Waals surface area (Å²) in [4.78, 5) is 32.1. The summed E-state index contributed by atoms with van der Waals surface area (Å²) in [5.74, 6) is 0.161. The van der Waals surface area contributed by atoms with Crippen molar-refractivity contribution in [2.75, 3.05) is 19.8 Å². The quantitative estimate of drug-likeness (QED) is 0.155. The van der Waals surface area contributed by atoms with Crippen LogP contribution in [-0.4, -0.2) is 53.8 Å². The molecule has 0 aliphatic carbocycles. The minimum atomic E-state index is -1.45. The van der Waals surface area contributed by atoms with Gasteiger partial charge in [-0.25, -0.2) is 4.99 Å². The fourth-order valence-electron chi connectivity index (χ4n) is 4.82. The molecule has 0 unspecified atom stereocenters. The highest BCUT2D eigenvalue weighted by molar-refractivity contribution is 9.10. The van der Waals surface area contributed by atoms with Gasteiger partial charge in [0.25, 0.3) is 5.91 Å². The van der Waals surface area contributed by atoms with Crippen LogP contribution >= 0.6 is 27.5 Å². The Kier molecular flexibility index (Phi) is 11.5. The first-order chi connectivity index (χ1) is 21.0. The normalized spacial score (nSPS) is 17.9. The van der Waals surface area contributed by atoms with Gasteiger partial charge in [0.15, 0.2) is 11.6 Å². The molecule has 1 aliphatic heterocycles. The lowest BCUT2D eigenvalue weighted by Crippen LogP contribution is -2.49. The van der Waals surface area contributed by atoms with Crippen LogP contribution in [0.2, 0.25) is 5.02 Å². The Morgan fingerprint density at radius 2 is 1.73 bits per heavy atom. The lowest BCUT2D eigenvalue weighted by Gasteiger charge is -2.31. The molecule has 234 valence electrons. The number of carbonyl (C=O) groups is 2.